The molecule has 1 aromatic carbocycles. The molecule has 148 valence electrons. The van der Waals surface area contributed by atoms with E-state index in [1.54, 1.807) is 19.1 Å². The minimum Gasteiger partial charge on any atom is -0.404 e. The number of nitrogens with two attached hydrogens (primary N) is 1. The second-order valence-electron chi connectivity index (χ2n) is 6.02. The van der Waals surface area contributed by atoms with Crippen LogP contribution >= 0.6 is 23.2 Å². The average molecular weight is 411 g/mol. The zero-order chi connectivity index (χ0) is 20.2. The summed E-state index contributed by atoms with van der Waals surface area (Å²) in [5.74, 6) is 0.327. The van der Waals surface area contributed by atoms with Crippen LogP contribution in [0.1, 0.15) is 45.6 Å². The lowest BCUT2D eigenvalue weighted by Crippen LogP contribution is -2.36. The molecule has 0 fully saturated rings. The van der Waals surface area contributed by atoms with Gasteiger partial charge in [0.2, 0.25) is 0 Å². The summed E-state index contributed by atoms with van der Waals surface area (Å²) < 4.78 is 0. The summed E-state index contributed by atoms with van der Waals surface area (Å²) >= 11 is 12.0. The van der Waals surface area contributed by atoms with Gasteiger partial charge in [-0.3, -0.25) is 9.79 Å². The van der Waals surface area contributed by atoms with Crippen molar-refractivity contribution in [3.05, 3.63) is 57.5 Å². The van der Waals surface area contributed by atoms with Gasteiger partial charge in [0, 0.05) is 13.1 Å². The van der Waals surface area contributed by atoms with E-state index < -0.39 is 0 Å². The highest BCUT2D eigenvalue weighted by atomic mass is 35.5. The molecule has 0 saturated carbocycles. The number of amides is 1. The van der Waals surface area contributed by atoms with Crippen molar-refractivity contribution in [2.24, 2.45) is 10.7 Å². The molecule has 0 atom stereocenters. The quantitative estimate of drug-likeness (QED) is 0.390. The first-order valence-electron chi connectivity index (χ1n) is 9.05. The first-order chi connectivity index (χ1) is 12.9. The maximum atomic E-state index is 12.7. The predicted molar refractivity (Wildman–Crippen MR) is 115 cm³/mol. The number of nitrogens with one attached hydrogen (secondary N) is 2. The summed E-state index contributed by atoms with van der Waals surface area (Å²) in [6, 6.07) is 5.42. The molecule has 0 aromatic heterocycles. The Labute approximate surface area is 171 Å². The van der Waals surface area contributed by atoms with Crippen molar-refractivity contribution < 1.29 is 4.79 Å². The number of carbonyl (C=O) groups is 1. The topological polar surface area (TPSA) is 79.5 Å². The third-order valence-electron chi connectivity index (χ3n) is 3.74. The monoisotopic (exact) mass is 410 g/mol. The molecule has 5 nitrogen and oxygen atoms in total. The number of hydrogen-bond acceptors (Lipinski definition) is 4. The van der Waals surface area contributed by atoms with Crippen molar-refractivity contribution in [3.63, 3.8) is 0 Å². The standard InChI is InChI=1S/C20H28Cl2N4O/c1-4-6-10-24-19(14(3)12-23)20(27)26-18(7-5-2)25-13-15-8-9-16(21)17(22)11-15/h7-9,11-12,25H,4-6,10,13,23H2,1-3H3,(H,26,27)/b14-12-,18-7?,24-19?. The Morgan fingerprint density at radius 2 is 2.00 bits per heavy atom. The SMILES string of the molecule is CCC=C(NCc1ccc(Cl)c(Cl)c1)NC(=O)C(=NCCCC)/C(C)=C\N. The minimum atomic E-state index is -0.286. The first kappa shape index (κ1) is 23.1. The Morgan fingerprint density at radius 1 is 1.26 bits per heavy atom. The molecule has 0 aliphatic heterocycles. The fraction of sp³-hybridized carbons (Fsp3) is 0.400. The van der Waals surface area contributed by atoms with Crippen molar-refractivity contribution in [1.82, 2.24) is 10.6 Å². The molecule has 0 spiro atoms. The maximum Gasteiger partial charge on any atom is 0.275 e. The average Bonchev–Trinajstić information content (AvgIpc) is 2.65. The Bertz CT molecular complexity index is 727. The number of nitrogens with zero attached hydrogens (tertiary/aromatic N) is 1. The van der Waals surface area contributed by atoms with Crippen LogP contribution in [0.2, 0.25) is 10.0 Å². The van der Waals surface area contributed by atoms with Crippen LogP contribution in [0, 0.1) is 0 Å². The summed E-state index contributed by atoms with van der Waals surface area (Å²) in [4.78, 5) is 17.1. The number of benzene rings is 1. The van der Waals surface area contributed by atoms with Crippen LogP contribution in [0.4, 0.5) is 0 Å². The molecule has 0 heterocycles. The molecule has 27 heavy (non-hydrogen) atoms. The normalized spacial score (nSPS) is 12.9. The number of allylic oxidation sites excluding steroid dienone is 1. The fourth-order valence-corrected chi connectivity index (χ4v) is 2.52. The molecule has 1 rings (SSSR count). The van der Waals surface area contributed by atoms with Crippen LogP contribution in [0.5, 0.6) is 0 Å². The molecule has 0 bridgehead atoms. The highest BCUT2D eigenvalue weighted by Gasteiger charge is 2.14. The van der Waals surface area contributed by atoms with Gasteiger partial charge in [-0.2, -0.15) is 0 Å². The van der Waals surface area contributed by atoms with Gasteiger partial charge in [-0.1, -0.05) is 49.5 Å². The molecule has 0 aliphatic carbocycles. The zero-order valence-corrected chi connectivity index (χ0v) is 17.6. The number of rotatable bonds is 10. The molecule has 0 aliphatic rings. The van der Waals surface area contributed by atoms with Crippen LogP contribution in [-0.2, 0) is 11.3 Å². The number of hydrogen-bond donors (Lipinski definition) is 3. The van der Waals surface area contributed by atoms with Crippen LogP contribution in [0.3, 0.4) is 0 Å². The molecule has 7 heteroatoms. The van der Waals surface area contributed by atoms with E-state index in [0.717, 1.165) is 24.8 Å². The highest BCUT2D eigenvalue weighted by molar-refractivity contribution is 6.45. The third-order valence-corrected chi connectivity index (χ3v) is 4.48. The minimum absolute atomic E-state index is 0.286. The summed E-state index contributed by atoms with van der Waals surface area (Å²) in [5, 5.41) is 7.10. The zero-order valence-electron chi connectivity index (χ0n) is 16.1. The van der Waals surface area contributed by atoms with E-state index in [1.807, 2.05) is 19.1 Å². The summed E-state index contributed by atoms with van der Waals surface area (Å²) in [7, 11) is 0. The predicted octanol–water partition coefficient (Wildman–Crippen LogP) is 4.55. The van der Waals surface area contributed by atoms with Crippen LogP contribution in [0.15, 0.2) is 46.9 Å². The molecule has 4 N–H and O–H groups in total. The summed E-state index contributed by atoms with van der Waals surface area (Å²) in [6.45, 7) is 6.94. The van der Waals surface area contributed by atoms with Crippen LogP contribution < -0.4 is 16.4 Å². The van der Waals surface area contributed by atoms with E-state index in [4.69, 9.17) is 28.9 Å². The molecule has 0 unspecified atom stereocenters. The first-order valence-corrected chi connectivity index (χ1v) is 9.81. The van der Waals surface area contributed by atoms with Gasteiger partial charge in [0.1, 0.15) is 11.5 Å². The van der Waals surface area contributed by atoms with E-state index >= 15 is 0 Å². The van der Waals surface area contributed by atoms with Crippen molar-refractivity contribution in [3.8, 4) is 0 Å². The van der Waals surface area contributed by atoms with E-state index in [9.17, 15) is 4.79 Å². The highest BCUT2D eigenvalue weighted by Crippen LogP contribution is 2.22. The van der Waals surface area contributed by atoms with Gasteiger partial charge in [0.15, 0.2) is 0 Å². The summed E-state index contributed by atoms with van der Waals surface area (Å²) in [5.41, 5.74) is 7.54. The van der Waals surface area contributed by atoms with Gasteiger partial charge < -0.3 is 16.4 Å². The lowest BCUT2D eigenvalue weighted by Gasteiger charge is -2.14. The molecule has 0 saturated heterocycles. The van der Waals surface area contributed by atoms with Gasteiger partial charge in [-0.15, -0.1) is 0 Å². The van der Waals surface area contributed by atoms with Crippen LogP contribution in [0.25, 0.3) is 0 Å². The van der Waals surface area contributed by atoms with Gasteiger partial charge in [0.25, 0.3) is 5.91 Å². The third kappa shape index (κ3) is 8.06. The molecular weight excluding hydrogens is 383 g/mol. The smallest absolute Gasteiger partial charge is 0.275 e. The number of unbranched alkanes of at least 4 members (excludes halogenated alkanes) is 1. The van der Waals surface area contributed by atoms with E-state index in [1.165, 1.54) is 6.20 Å². The molecule has 0 radical (unpaired) electrons. The largest absolute Gasteiger partial charge is 0.404 e. The number of halogens is 2. The second-order valence-corrected chi connectivity index (χ2v) is 6.83. The van der Waals surface area contributed by atoms with Gasteiger partial charge >= 0.3 is 0 Å². The molecule has 1 aromatic rings. The van der Waals surface area contributed by atoms with E-state index in [-0.39, 0.29) is 5.91 Å². The van der Waals surface area contributed by atoms with Gasteiger partial charge in [-0.05, 0) is 55.3 Å². The van der Waals surface area contributed by atoms with Crippen molar-refractivity contribution >= 4 is 34.8 Å². The van der Waals surface area contributed by atoms with Crippen molar-refractivity contribution in [2.45, 2.75) is 46.6 Å². The van der Waals surface area contributed by atoms with Gasteiger partial charge in [0.05, 0.1) is 10.0 Å². The summed E-state index contributed by atoms with van der Waals surface area (Å²) in [6.07, 6.45) is 5.99. The lowest BCUT2D eigenvalue weighted by molar-refractivity contribution is -0.114. The van der Waals surface area contributed by atoms with Crippen molar-refractivity contribution in [1.29, 1.82) is 0 Å². The van der Waals surface area contributed by atoms with Crippen LogP contribution in [-0.4, -0.2) is 18.2 Å². The Morgan fingerprint density at radius 3 is 2.59 bits per heavy atom. The van der Waals surface area contributed by atoms with Gasteiger partial charge in [-0.25, -0.2) is 0 Å². The Balaban J connectivity index is 2.84. The second kappa shape index (κ2) is 12.4. The fourth-order valence-electron chi connectivity index (χ4n) is 2.20. The number of carbonyl (C=O) groups excluding carboxylic acids is 1. The Hall–Kier alpha value is -1.98. The Kier molecular flexibility index (Phi) is 10.6. The van der Waals surface area contributed by atoms with Crippen molar-refractivity contribution in [2.75, 3.05) is 6.54 Å². The number of aliphatic imine (C=N–C) groups is 1. The maximum absolute atomic E-state index is 12.7. The lowest BCUT2D eigenvalue weighted by atomic mass is 10.1. The molecule has 1 amide bonds. The molecular formula is C20H28Cl2N4O. The van der Waals surface area contributed by atoms with E-state index in [2.05, 4.69) is 22.5 Å². The van der Waals surface area contributed by atoms with E-state index in [0.29, 0.717) is 40.2 Å².